The monoisotopic (exact) mass is 619 g/mol. The first-order chi connectivity index (χ1) is 23.5. The summed E-state index contributed by atoms with van der Waals surface area (Å²) in [7, 11) is 0. The number of rotatable bonds is 4. The topological polar surface area (TPSA) is 16.4 Å². The molecular weight excluding hydrogens is 583 g/mol. The molecule has 232 valence electrons. The maximum atomic E-state index is 6.95. The molecule has 7 aromatic carbocycles. The van der Waals surface area contributed by atoms with Crippen molar-refractivity contribution in [1.82, 2.24) is 0 Å². The van der Waals surface area contributed by atoms with E-state index in [4.69, 9.17) is 4.42 Å². The summed E-state index contributed by atoms with van der Waals surface area (Å²) < 4.78 is 6.95. The fourth-order valence-electron chi connectivity index (χ4n) is 8.86. The van der Waals surface area contributed by atoms with Gasteiger partial charge in [0.05, 0.1) is 5.69 Å². The highest BCUT2D eigenvalue weighted by molar-refractivity contribution is 6.11. The second-order valence-corrected chi connectivity index (χ2v) is 14.4. The number of fused-ring (bicyclic) bond motifs is 8. The summed E-state index contributed by atoms with van der Waals surface area (Å²) in [6.45, 7) is 4.75. The molecule has 0 unspecified atom stereocenters. The predicted octanol–water partition coefficient (Wildman–Crippen LogP) is 13.3. The van der Waals surface area contributed by atoms with Gasteiger partial charge in [-0.25, -0.2) is 0 Å². The van der Waals surface area contributed by atoms with Crippen LogP contribution in [0.3, 0.4) is 0 Å². The Balaban J connectivity index is 1.16. The molecule has 2 aliphatic carbocycles. The molecule has 1 heterocycles. The van der Waals surface area contributed by atoms with Gasteiger partial charge in [0, 0.05) is 27.6 Å². The Hall–Kier alpha value is -5.34. The fraction of sp³-hybridized carbons (Fsp3) is 0.174. The van der Waals surface area contributed by atoms with Crippen LogP contribution in [0.15, 0.2) is 138 Å². The zero-order chi connectivity index (χ0) is 32.0. The molecule has 0 bridgehead atoms. The highest BCUT2D eigenvalue weighted by Gasteiger charge is 2.36. The van der Waals surface area contributed by atoms with E-state index in [-0.39, 0.29) is 5.41 Å². The summed E-state index contributed by atoms with van der Waals surface area (Å²) in [5.41, 5.74) is 12.1. The lowest BCUT2D eigenvalue weighted by Crippen LogP contribution is -2.15. The average molecular weight is 620 g/mol. The van der Waals surface area contributed by atoms with Crippen LogP contribution in [0.4, 0.5) is 17.1 Å². The fourth-order valence-corrected chi connectivity index (χ4v) is 8.86. The van der Waals surface area contributed by atoms with Gasteiger partial charge in [-0.1, -0.05) is 106 Å². The highest BCUT2D eigenvalue weighted by atomic mass is 16.3. The largest absolute Gasteiger partial charge is 0.454 e. The smallest absolute Gasteiger partial charge is 0.159 e. The van der Waals surface area contributed by atoms with Crippen LogP contribution >= 0.6 is 0 Å². The third-order valence-corrected chi connectivity index (χ3v) is 11.3. The van der Waals surface area contributed by atoms with E-state index in [0.29, 0.717) is 5.92 Å². The van der Waals surface area contributed by atoms with Crippen LogP contribution in [0.5, 0.6) is 0 Å². The second-order valence-electron chi connectivity index (χ2n) is 14.4. The zero-order valence-electron chi connectivity index (χ0n) is 27.5. The summed E-state index contributed by atoms with van der Waals surface area (Å²) in [5, 5.41) is 7.49. The maximum absolute atomic E-state index is 6.95. The van der Waals surface area contributed by atoms with Gasteiger partial charge in [-0.2, -0.15) is 0 Å². The molecule has 0 atom stereocenters. The molecular formula is C46H37NO. The molecule has 2 nitrogen and oxygen atoms in total. The van der Waals surface area contributed by atoms with Crippen molar-refractivity contribution in [2.45, 2.75) is 50.9 Å². The SMILES string of the molecule is CC1(C)c2cc3ccccc3cc2-c2cc3ccc(N(c4ccccc4)c4cccc5c4oc4c(C6CCCC6)cccc45)cc3cc21. The molecule has 2 heteroatoms. The molecule has 2 aliphatic rings. The quantitative estimate of drug-likeness (QED) is 0.195. The first-order valence-electron chi connectivity index (χ1n) is 17.5. The van der Waals surface area contributed by atoms with Crippen LogP contribution < -0.4 is 4.90 Å². The lowest BCUT2D eigenvalue weighted by atomic mass is 9.81. The lowest BCUT2D eigenvalue weighted by Gasteiger charge is -2.26. The molecule has 1 fully saturated rings. The van der Waals surface area contributed by atoms with Gasteiger partial charge in [0.2, 0.25) is 0 Å². The van der Waals surface area contributed by atoms with Crippen molar-refractivity contribution in [3.8, 4) is 11.1 Å². The van der Waals surface area contributed by atoms with Crippen LogP contribution in [0.2, 0.25) is 0 Å². The summed E-state index contributed by atoms with van der Waals surface area (Å²) in [6, 6.07) is 49.4. The Morgan fingerprint density at radius 1 is 0.542 bits per heavy atom. The Labute approximate surface area is 281 Å². The molecule has 0 radical (unpaired) electrons. The average Bonchev–Trinajstić information content (AvgIpc) is 3.84. The van der Waals surface area contributed by atoms with Gasteiger partial charge >= 0.3 is 0 Å². The Kier molecular flexibility index (Phi) is 5.97. The van der Waals surface area contributed by atoms with E-state index in [1.165, 1.54) is 85.8 Å². The number of hydrogen-bond acceptors (Lipinski definition) is 2. The molecule has 0 aliphatic heterocycles. The number of benzene rings is 7. The minimum Gasteiger partial charge on any atom is -0.454 e. The van der Waals surface area contributed by atoms with Crippen molar-refractivity contribution in [3.05, 3.63) is 150 Å². The van der Waals surface area contributed by atoms with Crippen molar-refractivity contribution in [1.29, 1.82) is 0 Å². The molecule has 1 saturated carbocycles. The van der Waals surface area contributed by atoms with Gasteiger partial charge in [-0.05, 0) is 123 Å². The van der Waals surface area contributed by atoms with Gasteiger partial charge in [0.15, 0.2) is 5.58 Å². The minimum absolute atomic E-state index is 0.0884. The summed E-state index contributed by atoms with van der Waals surface area (Å²) in [6.07, 6.45) is 5.11. The van der Waals surface area contributed by atoms with E-state index in [0.717, 1.165) is 28.2 Å². The lowest BCUT2D eigenvalue weighted by molar-refractivity contribution is 0.643. The van der Waals surface area contributed by atoms with E-state index in [9.17, 15) is 0 Å². The van der Waals surface area contributed by atoms with Crippen molar-refractivity contribution in [2.75, 3.05) is 4.90 Å². The normalized spacial score (nSPS) is 15.5. The van der Waals surface area contributed by atoms with E-state index < -0.39 is 0 Å². The third kappa shape index (κ3) is 4.05. The summed E-state index contributed by atoms with van der Waals surface area (Å²) in [4.78, 5) is 2.37. The molecule has 8 aromatic rings. The molecule has 1 aromatic heterocycles. The van der Waals surface area contributed by atoms with Gasteiger partial charge < -0.3 is 9.32 Å². The van der Waals surface area contributed by atoms with Crippen LogP contribution in [-0.4, -0.2) is 0 Å². The van der Waals surface area contributed by atoms with E-state index in [2.05, 4.69) is 152 Å². The van der Waals surface area contributed by atoms with Crippen molar-refractivity contribution >= 4 is 60.5 Å². The van der Waals surface area contributed by atoms with Crippen LogP contribution in [-0.2, 0) is 5.41 Å². The zero-order valence-corrected chi connectivity index (χ0v) is 27.5. The van der Waals surface area contributed by atoms with Gasteiger partial charge in [0.1, 0.15) is 5.58 Å². The molecule has 48 heavy (non-hydrogen) atoms. The number of para-hydroxylation sites is 3. The summed E-state index contributed by atoms with van der Waals surface area (Å²) >= 11 is 0. The van der Waals surface area contributed by atoms with Gasteiger partial charge in [0.25, 0.3) is 0 Å². The van der Waals surface area contributed by atoms with Crippen LogP contribution in [0, 0.1) is 0 Å². The molecule has 10 rings (SSSR count). The standard InChI is InChI=1S/C46H37NO/c1-46(2)41-27-31-15-9-8-14-30(31)25-39(41)40-26-32-22-23-35(24-33(32)28-42(40)46)47(34-16-4-3-5-17-34)43-21-11-20-38-37-19-10-18-36(29-12-6-7-13-29)44(37)48-45(38)43/h3-5,8-11,14-29H,6-7,12-13H2,1-2H3. The maximum Gasteiger partial charge on any atom is 0.159 e. The number of nitrogens with zero attached hydrogens (tertiary/aromatic N) is 1. The van der Waals surface area contributed by atoms with Crippen molar-refractivity contribution < 1.29 is 4.42 Å². The van der Waals surface area contributed by atoms with E-state index >= 15 is 0 Å². The number of anilines is 3. The van der Waals surface area contributed by atoms with Gasteiger partial charge in [-0.3, -0.25) is 0 Å². The molecule has 0 N–H and O–H groups in total. The molecule has 0 amide bonds. The van der Waals surface area contributed by atoms with Gasteiger partial charge in [-0.15, -0.1) is 0 Å². The molecule has 0 spiro atoms. The van der Waals surface area contributed by atoms with Crippen LogP contribution in [0.25, 0.3) is 54.6 Å². The van der Waals surface area contributed by atoms with E-state index in [1.54, 1.807) is 0 Å². The van der Waals surface area contributed by atoms with E-state index in [1.807, 2.05) is 0 Å². The predicted molar refractivity (Wildman–Crippen MR) is 202 cm³/mol. The Bertz CT molecular complexity index is 2550. The number of hydrogen-bond donors (Lipinski definition) is 0. The number of furan rings is 1. The first-order valence-corrected chi connectivity index (χ1v) is 17.5. The minimum atomic E-state index is -0.0884. The Morgan fingerprint density at radius 2 is 1.17 bits per heavy atom. The molecule has 0 saturated heterocycles. The highest BCUT2D eigenvalue weighted by Crippen LogP contribution is 2.52. The van der Waals surface area contributed by atoms with Crippen LogP contribution in [0.1, 0.15) is 62.1 Å². The second kappa shape index (κ2) is 10.3. The third-order valence-electron chi connectivity index (χ3n) is 11.3. The van der Waals surface area contributed by atoms with Crippen molar-refractivity contribution in [3.63, 3.8) is 0 Å². The first kappa shape index (κ1) is 27.7. The van der Waals surface area contributed by atoms with Crippen molar-refractivity contribution in [2.24, 2.45) is 0 Å². The Morgan fingerprint density at radius 3 is 1.92 bits per heavy atom. The summed E-state index contributed by atoms with van der Waals surface area (Å²) in [5.74, 6) is 0.582.